The molecule has 49 heavy (non-hydrogen) atoms. The Hall–Kier alpha value is -5.62. The molecule has 254 valence electrons. The van der Waals surface area contributed by atoms with Gasteiger partial charge in [-0.15, -0.1) is 0 Å². The van der Waals surface area contributed by atoms with Crippen LogP contribution >= 0.6 is 0 Å². The van der Waals surface area contributed by atoms with Gasteiger partial charge in [0.15, 0.2) is 0 Å². The van der Waals surface area contributed by atoms with Crippen molar-refractivity contribution in [2.75, 3.05) is 0 Å². The highest BCUT2D eigenvalue weighted by Gasteiger charge is 2.20. The normalized spacial score (nSPS) is 9.63. The summed E-state index contributed by atoms with van der Waals surface area (Å²) in [6, 6.07) is 40.9. The third kappa shape index (κ3) is 9.26. The minimum absolute atomic E-state index is 0.128. The summed E-state index contributed by atoms with van der Waals surface area (Å²) in [7, 11) is 0. The van der Waals surface area contributed by atoms with Crippen molar-refractivity contribution >= 4 is 21.5 Å². The molecule has 0 amide bonds. The lowest BCUT2D eigenvalue weighted by Crippen LogP contribution is -2.24. The van der Waals surface area contributed by atoms with Crippen LogP contribution in [0.5, 0.6) is 0 Å². The van der Waals surface area contributed by atoms with Gasteiger partial charge in [0.05, 0.1) is 32.9 Å². The monoisotopic (exact) mass is 656 g/mol. The van der Waals surface area contributed by atoms with Crippen LogP contribution in [0, 0.1) is 0 Å². The Bertz CT molecular complexity index is 1940. The molecule has 2 heterocycles. The Labute approximate surface area is 289 Å². The highest BCUT2D eigenvalue weighted by molar-refractivity contribution is 5.98. The summed E-state index contributed by atoms with van der Waals surface area (Å²) in [4.78, 5) is 51.4. The van der Waals surface area contributed by atoms with E-state index in [0.29, 0.717) is 11.4 Å². The zero-order chi connectivity index (χ0) is 36.3. The van der Waals surface area contributed by atoms with Crippen LogP contribution < -0.4 is 22.2 Å². The molecule has 0 aliphatic carbocycles. The van der Waals surface area contributed by atoms with E-state index in [1.165, 1.54) is 23.3 Å². The van der Waals surface area contributed by atoms with Gasteiger partial charge >= 0.3 is 0 Å². The van der Waals surface area contributed by atoms with Gasteiger partial charge in [0.2, 0.25) is 0 Å². The van der Waals surface area contributed by atoms with Gasteiger partial charge in [-0.2, -0.15) is 0 Å². The lowest BCUT2D eigenvalue weighted by Gasteiger charge is -2.00. The standard InChI is InChI=1S/C22H12N2O4.C13H12.4C2H6/c25-19-15-11-17-18(22(28)24(21(17)27)14-9-5-2-6-10-14)12-16(15)20(26)23(19)13-7-3-1-4-8-13;1-3-7-12(8-4-1)11-13-9-5-2-6-10-13;4*1-2/h1-12H;1-10H,11H2;4*1-2H3. The van der Waals surface area contributed by atoms with Crippen molar-refractivity contribution in [3.8, 4) is 11.4 Å². The predicted octanol–water partition coefficient (Wildman–Crippen LogP) is 9.27. The molecule has 0 spiro atoms. The fourth-order valence-electron chi connectivity index (χ4n) is 5.02. The molecule has 0 fully saturated rings. The Balaban J connectivity index is 0.000000333. The summed E-state index contributed by atoms with van der Waals surface area (Å²) in [6.07, 6.45) is 1.03. The molecule has 6 heteroatoms. The number of hydrogen-bond donors (Lipinski definition) is 0. The number of fused-ring (bicyclic) bond motifs is 2. The predicted molar refractivity (Wildman–Crippen MR) is 209 cm³/mol. The highest BCUT2D eigenvalue weighted by Crippen LogP contribution is 2.17. The number of aromatic nitrogens is 2. The summed E-state index contributed by atoms with van der Waals surface area (Å²) in [5, 5.41) is 0.514. The smallest absolute Gasteiger partial charge is 0.266 e. The van der Waals surface area contributed by atoms with Gasteiger partial charge in [-0.25, -0.2) is 9.13 Å². The topological polar surface area (TPSA) is 78.1 Å². The molecule has 2 aromatic heterocycles. The molecule has 5 aromatic carbocycles. The van der Waals surface area contributed by atoms with Gasteiger partial charge in [0, 0.05) is 0 Å². The van der Waals surface area contributed by atoms with Crippen LogP contribution in [-0.4, -0.2) is 9.13 Å². The number of rotatable bonds is 4. The average molecular weight is 657 g/mol. The van der Waals surface area contributed by atoms with Crippen LogP contribution in [0.2, 0.25) is 0 Å². The van der Waals surface area contributed by atoms with Crippen molar-refractivity contribution in [3.05, 3.63) is 186 Å². The van der Waals surface area contributed by atoms with Gasteiger partial charge in [-0.1, -0.05) is 152 Å². The third-order valence-corrected chi connectivity index (χ3v) is 7.01. The quantitative estimate of drug-likeness (QED) is 0.189. The van der Waals surface area contributed by atoms with Crippen molar-refractivity contribution in [2.24, 2.45) is 0 Å². The first-order valence-electron chi connectivity index (χ1n) is 17.2. The van der Waals surface area contributed by atoms with E-state index in [9.17, 15) is 19.2 Å². The minimum atomic E-state index is -0.507. The van der Waals surface area contributed by atoms with Crippen molar-refractivity contribution in [3.63, 3.8) is 0 Å². The summed E-state index contributed by atoms with van der Waals surface area (Å²) in [6.45, 7) is 16.0. The zero-order valence-electron chi connectivity index (χ0n) is 29.9. The second-order valence-electron chi connectivity index (χ2n) is 9.65. The van der Waals surface area contributed by atoms with E-state index >= 15 is 0 Å². The Morgan fingerprint density at radius 2 is 0.571 bits per heavy atom. The SMILES string of the molecule is CC.CC.CC.CC.O=c1c2cc3c(=O)n(-c4ccccc4)c(=O)c3cc2c(=O)n1-c1ccccc1.c1ccc(Cc2ccccc2)cc1. The van der Waals surface area contributed by atoms with Crippen LogP contribution in [0.15, 0.2) is 153 Å². The van der Waals surface area contributed by atoms with Crippen LogP contribution in [-0.2, 0) is 6.42 Å². The minimum Gasteiger partial charge on any atom is -0.268 e. The van der Waals surface area contributed by atoms with E-state index in [1.54, 1.807) is 60.7 Å². The zero-order valence-corrected chi connectivity index (χ0v) is 29.9. The number of hydrogen-bond acceptors (Lipinski definition) is 4. The molecule has 7 aromatic rings. The molecule has 7 rings (SSSR count). The van der Waals surface area contributed by atoms with Gasteiger partial charge in [0.1, 0.15) is 0 Å². The van der Waals surface area contributed by atoms with Crippen LogP contribution in [0.1, 0.15) is 66.5 Å². The number of para-hydroxylation sites is 2. The Morgan fingerprint density at radius 1 is 0.347 bits per heavy atom. The molecule has 0 bridgehead atoms. The van der Waals surface area contributed by atoms with Gasteiger partial charge < -0.3 is 0 Å². The molecule has 6 nitrogen and oxygen atoms in total. The maximum absolute atomic E-state index is 12.8. The van der Waals surface area contributed by atoms with E-state index in [0.717, 1.165) is 15.6 Å². The average Bonchev–Trinajstić information content (AvgIpc) is 3.58. The molecule has 0 aliphatic rings. The van der Waals surface area contributed by atoms with Gasteiger partial charge in [-0.05, 0) is 53.9 Å². The van der Waals surface area contributed by atoms with Crippen LogP contribution in [0.25, 0.3) is 32.9 Å². The van der Waals surface area contributed by atoms with Crippen molar-refractivity contribution in [2.45, 2.75) is 61.8 Å². The summed E-state index contributed by atoms with van der Waals surface area (Å²) < 4.78 is 2.12. The molecular formula is C43H48N2O4. The first kappa shape index (κ1) is 39.6. The van der Waals surface area contributed by atoms with Crippen LogP contribution in [0.3, 0.4) is 0 Å². The first-order valence-corrected chi connectivity index (χ1v) is 17.2. The molecule has 0 atom stereocenters. The largest absolute Gasteiger partial charge is 0.268 e. The van der Waals surface area contributed by atoms with Gasteiger partial charge in [0.25, 0.3) is 22.2 Å². The molecule has 0 aliphatic heterocycles. The van der Waals surface area contributed by atoms with Crippen molar-refractivity contribution < 1.29 is 0 Å². The fourth-order valence-corrected chi connectivity index (χ4v) is 5.02. The molecule has 0 saturated carbocycles. The molecule has 0 saturated heterocycles. The number of nitrogens with zero attached hydrogens (tertiary/aromatic N) is 2. The van der Waals surface area contributed by atoms with Crippen LogP contribution in [0.4, 0.5) is 0 Å². The molecule has 0 unspecified atom stereocenters. The molecular weight excluding hydrogens is 608 g/mol. The van der Waals surface area contributed by atoms with E-state index in [4.69, 9.17) is 0 Å². The highest BCUT2D eigenvalue weighted by atomic mass is 16.2. The lowest BCUT2D eigenvalue weighted by molar-refractivity contribution is 0.988. The maximum atomic E-state index is 12.8. The Kier molecular flexibility index (Phi) is 16.6. The van der Waals surface area contributed by atoms with E-state index in [-0.39, 0.29) is 21.5 Å². The third-order valence-electron chi connectivity index (χ3n) is 7.01. The number of benzene rings is 5. The van der Waals surface area contributed by atoms with E-state index in [1.807, 2.05) is 55.4 Å². The second kappa shape index (κ2) is 20.6. The van der Waals surface area contributed by atoms with E-state index in [2.05, 4.69) is 60.7 Å². The maximum Gasteiger partial charge on any atom is 0.266 e. The summed E-state index contributed by atoms with van der Waals surface area (Å²) in [5.41, 5.74) is 1.59. The van der Waals surface area contributed by atoms with Crippen molar-refractivity contribution in [1.29, 1.82) is 0 Å². The fraction of sp³-hybridized carbons (Fsp3) is 0.209. The van der Waals surface area contributed by atoms with Gasteiger partial charge in [-0.3, -0.25) is 19.2 Å². The Morgan fingerprint density at radius 3 is 0.816 bits per heavy atom. The lowest BCUT2D eigenvalue weighted by atomic mass is 10.1. The summed E-state index contributed by atoms with van der Waals surface area (Å²) >= 11 is 0. The first-order chi connectivity index (χ1) is 24.0. The van der Waals surface area contributed by atoms with E-state index < -0.39 is 22.2 Å². The summed E-state index contributed by atoms with van der Waals surface area (Å²) in [5.74, 6) is 0. The molecule has 0 N–H and O–H groups in total. The second-order valence-corrected chi connectivity index (χ2v) is 9.65. The van der Waals surface area contributed by atoms with Crippen molar-refractivity contribution in [1.82, 2.24) is 9.13 Å². The molecule has 0 radical (unpaired) electrons.